The molecule has 4 N–H and O–H groups in total. The number of amides is 1. The Balaban J connectivity index is 2.23. The van der Waals surface area contributed by atoms with Crippen LogP contribution in [0.5, 0.6) is 0 Å². The quantitative estimate of drug-likeness (QED) is 0.196. The number of methoxy groups -OCH3 is 2. The van der Waals surface area contributed by atoms with E-state index in [4.69, 9.17) is 33.2 Å². The van der Waals surface area contributed by atoms with E-state index in [2.05, 4.69) is 0 Å². The van der Waals surface area contributed by atoms with Crippen LogP contribution in [0.25, 0.3) is 0 Å². The van der Waals surface area contributed by atoms with Crippen LogP contribution in [0.3, 0.4) is 0 Å². The number of aliphatic hydroxyl groups is 4. The zero-order chi connectivity index (χ0) is 40.4. The zero-order valence-electron chi connectivity index (χ0n) is 33.9. The maximum atomic E-state index is 14.2. The highest BCUT2D eigenvalue weighted by Gasteiger charge is 2.54. The molecule has 0 spiro atoms. The minimum atomic E-state index is -1.99. The standard InChI is InChI=1S/C38H67NO14/c1-14-26-38(10,46)31(43)21(4)28(41)19(2)16-37(9,48-13)33(53-35-29(42)25(39(11)18-40)15-20(3)49-35)22(5)30(23(6)34(45)51-26)52-27-17-36(8,47-12)32(44)24(7)50-27/h18-27,29-33,35,42-44,46H,14-17H2,1-13H3/t19-,20-,21+,22+,23-,24+,25+,26-,27+,29-,30+,31-,32+,33-,35+,36-,37-,38-/m1/s1. The minimum absolute atomic E-state index is 0.0558. The van der Waals surface area contributed by atoms with Gasteiger partial charge >= 0.3 is 5.97 Å². The number of nitrogens with zero attached hydrogens (tertiary/aromatic N) is 1. The Hall–Kier alpha value is -1.79. The molecule has 308 valence electrons. The van der Waals surface area contributed by atoms with Crippen molar-refractivity contribution in [2.45, 2.75) is 179 Å². The predicted molar refractivity (Wildman–Crippen MR) is 191 cm³/mol. The van der Waals surface area contributed by atoms with Crippen LogP contribution in [0, 0.1) is 23.7 Å². The summed E-state index contributed by atoms with van der Waals surface area (Å²) in [6, 6.07) is -0.637. The lowest BCUT2D eigenvalue weighted by Gasteiger charge is -2.49. The largest absolute Gasteiger partial charge is 0.459 e. The highest BCUT2D eigenvalue weighted by molar-refractivity contribution is 5.83. The summed E-state index contributed by atoms with van der Waals surface area (Å²) >= 11 is 0. The molecule has 3 fully saturated rings. The SMILES string of the molecule is CC[C@H]1OC(=O)[C@H](C)[C@@H](O[C@H]2C[C@@](C)(OC)[C@@H](O)[C@H](C)O2)[C@H](C)[C@@H](O[C@@H]2O[C@H](C)C[C@H](N(C)C=O)[C@H]2O)[C@](C)(OC)C[C@@H](C)C(=O)[C@H](C)[C@@H](O)[C@]1(C)O. The first kappa shape index (κ1) is 45.6. The first-order chi connectivity index (χ1) is 24.5. The number of esters is 1. The number of carbonyl (C=O) groups is 3. The topological polar surface area (TPSA) is 200 Å². The van der Waals surface area contributed by atoms with Crippen molar-refractivity contribution in [1.29, 1.82) is 0 Å². The van der Waals surface area contributed by atoms with Crippen LogP contribution in [0.2, 0.25) is 0 Å². The lowest BCUT2D eigenvalue weighted by molar-refractivity contribution is -0.319. The molecule has 3 aliphatic rings. The number of hydrogen-bond acceptors (Lipinski definition) is 14. The Morgan fingerprint density at radius 3 is 2.04 bits per heavy atom. The molecule has 0 aliphatic carbocycles. The number of Topliss-reactive ketones (excluding diaryl/α,β-unsaturated/α-hetero) is 1. The average molecular weight is 762 g/mol. The fourth-order valence-corrected chi connectivity index (χ4v) is 8.55. The maximum Gasteiger partial charge on any atom is 0.311 e. The third kappa shape index (κ3) is 9.61. The van der Waals surface area contributed by atoms with E-state index in [1.807, 2.05) is 0 Å². The van der Waals surface area contributed by atoms with Gasteiger partial charge in [-0.15, -0.1) is 0 Å². The van der Waals surface area contributed by atoms with Crippen molar-refractivity contribution < 1.29 is 68.0 Å². The highest BCUT2D eigenvalue weighted by atomic mass is 16.7. The Labute approximate surface area is 314 Å². The molecule has 3 aliphatic heterocycles. The van der Waals surface area contributed by atoms with Gasteiger partial charge in [0, 0.05) is 45.4 Å². The maximum absolute atomic E-state index is 14.2. The molecular formula is C38H67NO14. The van der Waals surface area contributed by atoms with Crippen LogP contribution in [0.4, 0.5) is 0 Å². The number of rotatable bonds is 9. The average Bonchev–Trinajstić information content (AvgIpc) is 3.12. The summed E-state index contributed by atoms with van der Waals surface area (Å²) in [4.78, 5) is 41.3. The second-order valence-corrected chi connectivity index (χ2v) is 16.4. The summed E-state index contributed by atoms with van der Waals surface area (Å²) in [6.07, 6.45) is -9.27. The first-order valence-electron chi connectivity index (χ1n) is 18.9. The van der Waals surface area contributed by atoms with Crippen LogP contribution in [-0.2, 0) is 47.5 Å². The lowest BCUT2D eigenvalue weighted by Crippen LogP contribution is -2.61. The molecule has 0 saturated carbocycles. The molecule has 18 atom stereocenters. The number of aliphatic hydroxyl groups excluding tert-OH is 3. The normalized spacial score (nSPS) is 48.1. The van der Waals surface area contributed by atoms with Gasteiger partial charge in [0.05, 0.1) is 53.7 Å². The monoisotopic (exact) mass is 761 g/mol. The van der Waals surface area contributed by atoms with E-state index in [1.165, 1.54) is 33.0 Å². The number of cyclic esters (lactones) is 1. The third-order valence-corrected chi connectivity index (χ3v) is 12.3. The molecule has 0 aromatic rings. The van der Waals surface area contributed by atoms with Crippen molar-refractivity contribution in [1.82, 2.24) is 4.90 Å². The van der Waals surface area contributed by atoms with Crippen LogP contribution in [0.1, 0.15) is 94.9 Å². The molecule has 0 aromatic heterocycles. The number of ketones is 1. The van der Waals surface area contributed by atoms with E-state index in [9.17, 15) is 34.8 Å². The fourth-order valence-electron chi connectivity index (χ4n) is 8.55. The number of carbonyl (C=O) groups excluding carboxylic acids is 3. The molecule has 3 saturated heterocycles. The van der Waals surface area contributed by atoms with Crippen LogP contribution >= 0.6 is 0 Å². The van der Waals surface area contributed by atoms with E-state index in [1.54, 1.807) is 62.4 Å². The van der Waals surface area contributed by atoms with Crippen molar-refractivity contribution in [3.05, 3.63) is 0 Å². The highest BCUT2D eigenvalue weighted by Crippen LogP contribution is 2.41. The lowest BCUT2D eigenvalue weighted by atomic mass is 9.74. The summed E-state index contributed by atoms with van der Waals surface area (Å²) in [5.41, 5.74) is -4.37. The van der Waals surface area contributed by atoms with Gasteiger partial charge in [-0.1, -0.05) is 27.7 Å². The molecule has 0 unspecified atom stereocenters. The number of ether oxygens (including phenoxy) is 7. The van der Waals surface area contributed by atoms with E-state index in [-0.39, 0.29) is 25.0 Å². The second-order valence-electron chi connectivity index (χ2n) is 16.4. The smallest absolute Gasteiger partial charge is 0.311 e. The van der Waals surface area contributed by atoms with Gasteiger partial charge in [0.2, 0.25) is 6.41 Å². The molecule has 1 amide bonds. The van der Waals surface area contributed by atoms with Crippen molar-refractivity contribution >= 4 is 18.2 Å². The number of likely N-dealkylation sites (N-methyl/N-ethyl adjacent to an activating group) is 1. The molecule has 0 aromatic carbocycles. The first-order valence-corrected chi connectivity index (χ1v) is 18.9. The van der Waals surface area contributed by atoms with E-state index >= 15 is 0 Å². The van der Waals surface area contributed by atoms with E-state index < -0.39 is 114 Å². The Morgan fingerprint density at radius 1 is 0.887 bits per heavy atom. The van der Waals surface area contributed by atoms with Gasteiger partial charge in [0.1, 0.15) is 29.7 Å². The van der Waals surface area contributed by atoms with Gasteiger partial charge in [0.15, 0.2) is 12.6 Å². The predicted octanol–water partition coefficient (Wildman–Crippen LogP) is 1.97. The summed E-state index contributed by atoms with van der Waals surface area (Å²) in [7, 11) is 4.51. The van der Waals surface area contributed by atoms with Gasteiger partial charge in [-0.2, -0.15) is 0 Å². The molecule has 3 heterocycles. The van der Waals surface area contributed by atoms with Crippen molar-refractivity contribution in [3.63, 3.8) is 0 Å². The minimum Gasteiger partial charge on any atom is -0.459 e. The van der Waals surface area contributed by atoms with Gasteiger partial charge in [0.25, 0.3) is 0 Å². The summed E-state index contributed by atoms with van der Waals surface area (Å²) in [5.74, 6) is -4.74. The van der Waals surface area contributed by atoms with Gasteiger partial charge < -0.3 is 58.5 Å². The molecule has 0 bridgehead atoms. The molecular weight excluding hydrogens is 694 g/mol. The van der Waals surface area contributed by atoms with Gasteiger partial charge in [-0.25, -0.2) is 0 Å². The van der Waals surface area contributed by atoms with Crippen LogP contribution in [-0.4, -0.2) is 149 Å². The Kier molecular flexibility index (Phi) is 15.5. The summed E-state index contributed by atoms with van der Waals surface area (Å²) < 4.78 is 43.6. The molecule has 3 rings (SSSR count). The molecule has 15 nitrogen and oxygen atoms in total. The molecule has 53 heavy (non-hydrogen) atoms. The second kappa shape index (κ2) is 18.0. The summed E-state index contributed by atoms with van der Waals surface area (Å²) in [5, 5.41) is 45.5. The number of hydrogen-bond donors (Lipinski definition) is 4. The van der Waals surface area contributed by atoms with Gasteiger partial charge in [-0.3, -0.25) is 14.4 Å². The van der Waals surface area contributed by atoms with Crippen LogP contribution in [0.15, 0.2) is 0 Å². The van der Waals surface area contributed by atoms with E-state index in [0.29, 0.717) is 12.8 Å². The zero-order valence-corrected chi connectivity index (χ0v) is 33.9. The van der Waals surface area contributed by atoms with Crippen molar-refractivity contribution in [3.8, 4) is 0 Å². The third-order valence-electron chi connectivity index (χ3n) is 12.3. The van der Waals surface area contributed by atoms with Crippen molar-refractivity contribution in [2.24, 2.45) is 23.7 Å². The fraction of sp³-hybridized carbons (Fsp3) is 0.921. The summed E-state index contributed by atoms with van der Waals surface area (Å²) in [6.45, 7) is 16.7. The Morgan fingerprint density at radius 2 is 1.49 bits per heavy atom. The van der Waals surface area contributed by atoms with Gasteiger partial charge in [-0.05, 0) is 60.8 Å². The molecule has 15 heteroatoms. The molecule has 0 radical (unpaired) electrons. The van der Waals surface area contributed by atoms with Crippen molar-refractivity contribution in [2.75, 3.05) is 21.3 Å². The van der Waals surface area contributed by atoms with Crippen LogP contribution < -0.4 is 0 Å². The Bertz CT molecular complexity index is 1240. The van der Waals surface area contributed by atoms with E-state index in [0.717, 1.165) is 0 Å².